The van der Waals surface area contributed by atoms with Crippen LogP contribution in [0.5, 0.6) is 5.75 Å². The Balaban J connectivity index is 1.82. The average Bonchev–Trinajstić information content (AvgIpc) is 3.03. The van der Waals surface area contributed by atoms with Crippen molar-refractivity contribution in [1.82, 2.24) is 9.97 Å². The highest BCUT2D eigenvalue weighted by Gasteiger charge is 2.37. The van der Waals surface area contributed by atoms with Crippen LogP contribution in [0.3, 0.4) is 0 Å². The Morgan fingerprint density at radius 3 is 2.77 bits per heavy atom. The molecule has 2 aromatic rings. The number of aromatic nitrogens is 2. The smallest absolute Gasteiger partial charge is 0.415 e. The van der Waals surface area contributed by atoms with Gasteiger partial charge in [0.15, 0.2) is 0 Å². The molecule has 0 aliphatic carbocycles. The fourth-order valence-corrected chi connectivity index (χ4v) is 3.04. The molecule has 2 atom stereocenters. The van der Waals surface area contributed by atoms with Crippen molar-refractivity contribution < 1.29 is 14.3 Å². The number of amides is 1. The van der Waals surface area contributed by atoms with Gasteiger partial charge in [0.05, 0.1) is 19.2 Å². The van der Waals surface area contributed by atoms with Gasteiger partial charge in [-0.25, -0.2) is 9.78 Å². The average molecular weight is 356 g/mol. The van der Waals surface area contributed by atoms with E-state index in [9.17, 15) is 4.79 Å². The van der Waals surface area contributed by atoms with E-state index in [1.807, 2.05) is 31.2 Å². The molecule has 1 N–H and O–H groups in total. The van der Waals surface area contributed by atoms with E-state index in [1.54, 1.807) is 24.3 Å². The van der Waals surface area contributed by atoms with Crippen LogP contribution in [0.1, 0.15) is 32.4 Å². The third kappa shape index (κ3) is 3.56. The molecule has 0 saturated carbocycles. The lowest BCUT2D eigenvalue weighted by Crippen LogP contribution is -2.37. The molecule has 7 heteroatoms. The van der Waals surface area contributed by atoms with E-state index in [4.69, 9.17) is 9.47 Å². The first-order chi connectivity index (χ1) is 12.5. The van der Waals surface area contributed by atoms with Crippen molar-refractivity contribution in [2.45, 2.75) is 32.9 Å². The summed E-state index contributed by atoms with van der Waals surface area (Å²) in [5.41, 5.74) is 1.00. The van der Waals surface area contributed by atoms with Crippen LogP contribution >= 0.6 is 0 Å². The highest BCUT2D eigenvalue weighted by molar-refractivity contribution is 5.89. The Hall–Kier alpha value is -2.83. The summed E-state index contributed by atoms with van der Waals surface area (Å²) < 4.78 is 10.6. The standard InChI is InChI=1S/C19H24N4O3/c1-12(2)15-11-26-19(24)23(15)17-9-10-20-18(22-17)21-13(3)14-7-5-6-8-16(14)25-4/h5-10,12-13,15H,11H2,1-4H3,(H,20,21,22)/t13-,15+/m0/s1. The van der Waals surface area contributed by atoms with Crippen molar-refractivity contribution in [2.24, 2.45) is 5.92 Å². The van der Waals surface area contributed by atoms with E-state index in [1.165, 1.54) is 0 Å². The van der Waals surface area contributed by atoms with Gasteiger partial charge in [-0.15, -0.1) is 0 Å². The number of carbonyl (C=O) groups is 1. The molecule has 1 aromatic heterocycles. The summed E-state index contributed by atoms with van der Waals surface area (Å²) in [5.74, 6) is 2.05. The summed E-state index contributed by atoms with van der Waals surface area (Å²) in [6, 6.07) is 9.43. The number of nitrogens with zero attached hydrogens (tertiary/aromatic N) is 3. The lowest BCUT2D eigenvalue weighted by molar-refractivity contribution is 0.177. The lowest BCUT2D eigenvalue weighted by Gasteiger charge is -2.24. The van der Waals surface area contributed by atoms with E-state index in [2.05, 4.69) is 29.1 Å². The third-order valence-electron chi connectivity index (χ3n) is 4.51. The number of methoxy groups -OCH3 is 1. The van der Waals surface area contributed by atoms with Crippen molar-refractivity contribution in [1.29, 1.82) is 0 Å². The van der Waals surface area contributed by atoms with Gasteiger partial charge in [0.1, 0.15) is 18.2 Å². The zero-order valence-electron chi connectivity index (χ0n) is 15.5. The molecule has 0 radical (unpaired) electrons. The summed E-state index contributed by atoms with van der Waals surface area (Å²) >= 11 is 0. The fourth-order valence-electron chi connectivity index (χ4n) is 3.04. The van der Waals surface area contributed by atoms with Gasteiger partial charge < -0.3 is 14.8 Å². The second-order valence-corrected chi connectivity index (χ2v) is 6.60. The quantitative estimate of drug-likeness (QED) is 0.851. The van der Waals surface area contributed by atoms with Gasteiger partial charge in [-0.05, 0) is 25.0 Å². The molecule has 1 aromatic carbocycles. The van der Waals surface area contributed by atoms with Gasteiger partial charge in [-0.1, -0.05) is 32.0 Å². The van der Waals surface area contributed by atoms with Gasteiger partial charge in [-0.2, -0.15) is 4.98 Å². The Labute approximate surface area is 153 Å². The van der Waals surface area contributed by atoms with Gasteiger partial charge in [0, 0.05) is 11.8 Å². The van der Waals surface area contributed by atoms with Crippen LogP contribution in [0.25, 0.3) is 0 Å². The van der Waals surface area contributed by atoms with Gasteiger partial charge in [-0.3, -0.25) is 4.90 Å². The molecule has 2 heterocycles. The molecule has 1 aliphatic heterocycles. The summed E-state index contributed by atoms with van der Waals surface area (Å²) in [7, 11) is 1.65. The molecule has 1 amide bonds. The molecule has 0 unspecified atom stereocenters. The number of hydrogen-bond acceptors (Lipinski definition) is 6. The Morgan fingerprint density at radius 2 is 2.04 bits per heavy atom. The molecule has 138 valence electrons. The molecule has 0 bridgehead atoms. The number of ether oxygens (including phenoxy) is 2. The van der Waals surface area contributed by atoms with Gasteiger partial charge >= 0.3 is 6.09 Å². The number of anilines is 2. The molecule has 1 aliphatic rings. The third-order valence-corrected chi connectivity index (χ3v) is 4.51. The summed E-state index contributed by atoms with van der Waals surface area (Å²) in [6.07, 6.45) is 1.27. The largest absolute Gasteiger partial charge is 0.496 e. The Bertz CT molecular complexity index is 781. The Morgan fingerprint density at radius 1 is 1.27 bits per heavy atom. The summed E-state index contributed by atoms with van der Waals surface area (Å²) in [4.78, 5) is 22.5. The second kappa shape index (κ2) is 7.59. The first kappa shape index (κ1) is 18.0. The van der Waals surface area contributed by atoms with Gasteiger partial charge in [0.2, 0.25) is 5.95 Å². The lowest BCUT2D eigenvalue weighted by atomic mass is 10.0. The first-order valence-corrected chi connectivity index (χ1v) is 8.69. The van der Waals surface area contributed by atoms with Crippen LogP contribution in [0, 0.1) is 5.92 Å². The highest BCUT2D eigenvalue weighted by atomic mass is 16.6. The highest BCUT2D eigenvalue weighted by Crippen LogP contribution is 2.28. The topological polar surface area (TPSA) is 76.6 Å². The molecule has 7 nitrogen and oxygen atoms in total. The second-order valence-electron chi connectivity index (χ2n) is 6.60. The number of rotatable bonds is 6. The predicted octanol–water partition coefficient (Wildman–Crippen LogP) is 3.64. The molecule has 26 heavy (non-hydrogen) atoms. The summed E-state index contributed by atoms with van der Waals surface area (Å²) in [5, 5.41) is 3.27. The maximum Gasteiger partial charge on any atom is 0.415 e. The number of para-hydroxylation sites is 1. The normalized spacial score (nSPS) is 18.0. The molecule has 3 rings (SSSR count). The molecule has 0 spiro atoms. The number of hydrogen-bond donors (Lipinski definition) is 1. The summed E-state index contributed by atoms with van der Waals surface area (Å²) in [6.45, 7) is 6.50. The number of benzene rings is 1. The van der Waals surface area contributed by atoms with Crippen molar-refractivity contribution in [3.63, 3.8) is 0 Å². The SMILES string of the molecule is COc1ccccc1[C@H](C)Nc1nccc(N2C(=O)OC[C@@H]2C(C)C)n1. The van der Waals surface area contributed by atoms with E-state index >= 15 is 0 Å². The van der Waals surface area contributed by atoms with Gasteiger partial charge in [0.25, 0.3) is 0 Å². The minimum atomic E-state index is -0.369. The molecule has 1 fully saturated rings. The van der Waals surface area contributed by atoms with E-state index in [-0.39, 0.29) is 24.1 Å². The van der Waals surface area contributed by atoms with E-state index < -0.39 is 0 Å². The minimum absolute atomic E-state index is 0.0307. The van der Waals surface area contributed by atoms with Crippen LogP contribution in [0.15, 0.2) is 36.5 Å². The number of carbonyl (C=O) groups excluding carboxylic acids is 1. The zero-order chi connectivity index (χ0) is 18.7. The van der Waals surface area contributed by atoms with Crippen LogP contribution in [-0.4, -0.2) is 35.8 Å². The zero-order valence-corrected chi connectivity index (χ0v) is 15.5. The maximum atomic E-state index is 12.1. The number of cyclic esters (lactones) is 1. The molecular weight excluding hydrogens is 332 g/mol. The van der Waals surface area contributed by atoms with Crippen molar-refractivity contribution in [3.05, 3.63) is 42.1 Å². The van der Waals surface area contributed by atoms with E-state index in [0.717, 1.165) is 11.3 Å². The van der Waals surface area contributed by atoms with E-state index in [0.29, 0.717) is 18.4 Å². The van der Waals surface area contributed by atoms with Crippen LogP contribution in [-0.2, 0) is 4.74 Å². The predicted molar refractivity (Wildman–Crippen MR) is 99.5 cm³/mol. The fraction of sp³-hybridized carbons (Fsp3) is 0.421. The first-order valence-electron chi connectivity index (χ1n) is 8.69. The van der Waals surface area contributed by atoms with Crippen LogP contribution in [0.4, 0.5) is 16.6 Å². The van der Waals surface area contributed by atoms with Crippen molar-refractivity contribution in [2.75, 3.05) is 23.9 Å². The minimum Gasteiger partial charge on any atom is -0.496 e. The maximum absolute atomic E-state index is 12.1. The Kier molecular flexibility index (Phi) is 5.25. The van der Waals surface area contributed by atoms with Crippen LogP contribution < -0.4 is 15.0 Å². The molecule has 1 saturated heterocycles. The monoisotopic (exact) mass is 356 g/mol. The van der Waals surface area contributed by atoms with Crippen molar-refractivity contribution in [3.8, 4) is 5.75 Å². The van der Waals surface area contributed by atoms with Crippen LogP contribution in [0.2, 0.25) is 0 Å². The van der Waals surface area contributed by atoms with Crippen molar-refractivity contribution >= 4 is 17.9 Å². The molecular formula is C19H24N4O3. The number of nitrogens with one attached hydrogen (secondary N) is 1.